The summed E-state index contributed by atoms with van der Waals surface area (Å²) in [5.41, 5.74) is 7.66. The zero-order valence-electron chi connectivity index (χ0n) is 11.7. The quantitative estimate of drug-likeness (QED) is 0.834. The number of halogens is 1. The fourth-order valence-electron chi connectivity index (χ4n) is 1.85. The Bertz CT molecular complexity index is 756. The number of hydrogen-bond donors (Lipinski definition) is 2. The molecule has 0 radical (unpaired) electrons. The maximum atomic E-state index is 12.4. The van der Waals surface area contributed by atoms with Crippen molar-refractivity contribution in [2.45, 2.75) is 31.8 Å². The first-order valence-corrected chi connectivity index (χ1v) is 8.52. The van der Waals surface area contributed by atoms with Gasteiger partial charge in [0.05, 0.1) is 17.1 Å². The van der Waals surface area contributed by atoms with Crippen LogP contribution in [0.25, 0.3) is 0 Å². The standard InChI is InChI=1S/C13H16BrN3O3S/c1-8-3-11(20-17-8)7-16-21(18,19)13-5-10(6-15)4-12(14)9(13)2/h3-5,16H,6-7,15H2,1-2H3. The molecule has 0 saturated carbocycles. The Morgan fingerprint density at radius 3 is 2.62 bits per heavy atom. The average molecular weight is 374 g/mol. The van der Waals surface area contributed by atoms with Crippen LogP contribution >= 0.6 is 15.9 Å². The molecule has 0 saturated heterocycles. The molecule has 0 aliphatic rings. The van der Waals surface area contributed by atoms with Crippen molar-refractivity contribution >= 4 is 26.0 Å². The molecule has 0 unspecified atom stereocenters. The molecule has 0 bridgehead atoms. The van der Waals surface area contributed by atoms with Gasteiger partial charge >= 0.3 is 0 Å². The van der Waals surface area contributed by atoms with Crippen LogP contribution in [0.15, 0.2) is 32.1 Å². The van der Waals surface area contributed by atoms with Crippen molar-refractivity contribution in [2.75, 3.05) is 0 Å². The monoisotopic (exact) mass is 373 g/mol. The van der Waals surface area contributed by atoms with Gasteiger partial charge < -0.3 is 10.3 Å². The van der Waals surface area contributed by atoms with Gasteiger partial charge in [-0.3, -0.25) is 0 Å². The van der Waals surface area contributed by atoms with Gasteiger partial charge in [0.2, 0.25) is 10.0 Å². The first-order chi connectivity index (χ1) is 9.83. The number of nitrogens with two attached hydrogens (primary N) is 1. The molecule has 0 spiro atoms. The van der Waals surface area contributed by atoms with E-state index >= 15 is 0 Å². The number of hydrogen-bond acceptors (Lipinski definition) is 5. The highest BCUT2D eigenvalue weighted by molar-refractivity contribution is 9.10. The Labute approximate surface area is 131 Å². The molecule has 3 N–H and O–H groups in total. The minimum Gasteiger partial charge on any atom is -0.360 e. The van der Waals surface area contributed by atoms with Crippen LogP contribution in [0.5, 0.6) is 0 Å². The number of aromatic nitrogens is 1. The molecule has 6 nitrogen and oxygen atoms in total. The summed E-state index contributed by atoms with van der Waals surface area (Å²) >= 11 is 3.35. The summed E-state index contributed by atoms with van der Waals surface area (Å²) in [6.45, 7) is 3.82. The number of aryl methyl sites for hydroxylation is 1. The van der Waals surface area contributed by atoms with E-state index in [9.17, 15) is 8.42 Å². The molecule has 21 heavy (non-hydrogen) atoms. The Hall–Kier alpha value is -1.22. The molecule has 2 aromatic rings. The topological polar surface area (TPSA) is 98.2 Å². The SMILES string of the molecule is Cc1cc(CNS(=O)(=O)c2cc(CN)cc(Br)c2C)on1. The van der Waals surface area contributed by atoms with Gasteiger partial charge in [-0.25, -0.2) is 13.1 Å². The first kappa shape index (κ1) is 16.2. The van der Waals surface area contributed by atoms with Gasteiger partial charge in [-0.2, -0.15) is 0 Å². The zero-order chi connectivity index (χ0) is 15.6. The number of rotatable bonds is 5. The van der Waals surface area contributed by atoms with Crippen molar-refractivity contribution < 1.29 is 12.9 Å². The highest BCUT2D eigenvalue weighted by Gasteiger charge is 2.19. The normalized spacial score (nSPS) is 11.8. The number of sulfonamides is 1. The maximum Gasteiger partial charge on any atom is 0.241 e. The highest BCUT2D eigenvalue weighted by Crippen LogP contribution is 2.25. The van der Waals surface area contributed by atoms with Crippen LogP contribution in [0.1, 0.15) is 22.6 Å². The predicted molar refractivity (Wildman–Crippen MR) is 82.0 cm³/mol. The average Bonchev–Trinajstić information content (AvgIpc) is 2.85. The van der Waals surface area contributed by atoms with E-state index in [-0.39, 0.29) is 18.0 Å². The van der Waals surface area contributed by atoms with Crippen LogP contribution in [-0.4, -0.2) is 13.6 Å². The van der Waals surface area contributed by atoms with E-state index in [4.69, 9.17) is 10.3 Å². The van der Waals surface area contributed by atoms with Gasteiger partial charge in [0.1, 0.15) is 0 Å². The second-order valence-electron chi connectivity index (χ2n) is 4.66. The molecule has 2 rings (SSSR count). The molecular weight excluding hydrogens is 358 g/mol. The number of nitrogens with zero attached hydrogens (tertiary/aromatic N) is 1. The van der Waals surface area contributed by atoms with Gasteiger partial charge in [-0.1, -0.05) is 21.1 Å². The summed E-state index contributed by atoms with van der Waals surface area (Å²) in [7, 11) is -3.66. The van der Waals surface area contributed by atoms with Gasteiger partial charge in [0.25, 0.3) is 0 Å². The second-order valence-corrected chi connectivity index (χ2v) is 7.25. The van der Waals surface area contributed by atoms with Gasteiger partial charge in [0.15, 0.2) is 5.76 Å². The lowest BCUT2D eigenvalue weighted by Crippen LogP contribution is -2.24. The first-order valence-electron chi connectivity index (χ1n) is 6.24. The van der Waals surface area contributed by atoms with Crippen molar-refractivity contribution in [3.63, 3.8) is 0 Å². The summed E-state index contributed by atoms with van der Waals surface area (Å²) in [6, 6.07) is 5.07. The minimum absolute atomic E-state index is 0.0487. The number of nitrogens with one attached hydrogen (secondary N) is 1. The molecule has 0 amide bonds. The summed E-state index contributed by atoms with van der Waals surface area (Å²) < 4.78 is 33.0. The van der Waals surface area contributed by atoms with Crippen LogP contribution in [-0.2, 0) is 23.1 Å². The molecule has 0 atom stereocenters. The van der Waals surface area contributed by atoms with E-state index in [1.54, 1.807) is 26.0 Å². The van der Waals surface area contributed by atoms with E-state index in [1.165, 1.54) is 0 Å². The van der Waals surface area contributed by atoms with Crippen molar-refractivity contribution in [1.29, 1.82) is 0 Å². The lowest BCUT2D eigenvalue weighted by molar-refractivity contribution is 0.377. The van der Waals surface area contributed by atoms with Crippen molar-refractivity contribution in [2.24, 2.45) is 5.73 Å². The van der Waals surface area contributed by atoms with Crippen molar-refractivity contribution in [3.8, 4) is 0 Å². The van der Waals surface area contributed by atoms with E-state index in [0.717, 1.165) is 5.56 Å². The van der Waals surface area contributed by atoms with E-state index in [0.29, 0.717) is 21.5 Å². The molecule has 0 aliphatic heterocycles. The van der Waals surface area contributed by atoms with Crippen LogP contribution in [0.3, 0.4) is 0 Å². The number of benzene rings is 1. The molecule has 0 aliphatic carbocycles. The van der Waals surface area contributed by atoms with Crippen LogP contribution in [0, 0.1) is 13.8 Å². The summed E-state index contributed by atoms with van der Waals surface area (Å²) in [6.07, 6.45) is 0. The fourth-order valence-corrected chi connectivity index (χ4v) is 3.79. The Morgan fingerprint density at radius 1 is 1.33 bits per heavy atom. The van der Waals surface area contributed by atoms with Crippen molar-refractivity contribution in [1.82, 2.24) is 9.88 Å². The molecule has 1 heterocycles. The molecule has 8 heteroatoms. The third kappa shape index (κ3) is 3.70. The zero-order valence-corrected chi connectivity index (χ0v) is 14.1. The lowest BCUT2D eigenvalue weighted by Gasteiger charge is -2.11. The van der Waals surface area contributed by atoms with E-state index in [1.807, 2.05) is 6.07 Å². The largest absolute Gasteiger partial charge is 0.360 e. The van der Waals surface area contributed by atoms with Gasteiger partial charge in [-0.05, 0) is 37.1 Å². The molecule has 114 valence electrons. The molecule has 1 aromatic heterocycles. The summed E-state index contributed by atoms with van der Waals surface area (Å²) in [5.74, 6) is 0.461. The second kappa shape index (κ2) is 6.27. The van der Waals surface area contributed by atoms with Crippen LogP contribution < -0.4 is 10.5 Å². The maximum absolute atomic E-state index is 12.4. The fraction of sp³-hybridized carbons (Fsp3) is 0.308. The predicted octanol–water partition coefficient (Wildman–Crippen LogP) is 1.99. The minimum atomic E-state index is -3.66. The van der Waals surface area contributed by atoms with Crippen molar-refractivity contribution in [3.05, 3.63) is 45.3 Å². The molecule has 1 aromatic carbocycles. The van der Waals surface area contributed by atoms with E-state index < -0.39 is 10.0 Å². The third-order valence-corrected chi connectivity index (χ3v) is 5.35. The third-order valence-electron chi connectivity index (χ3n) is 2.99. The lowest BCUT2D eigenvalue weighted by atomic mass is 10.1. The van der Waals surface area contributed by atoms with E-state index in [2.05, 4.69) is 25.8 Å². The van der Waals surface area contributed by atoms with Crippen LogP contribution in [0.2, 0.25) is 0 Å². The Balaban J connectivity index is 2.29. The molecule has 0 fully saturated rings. The Morgan fingerprint density at radius 2 is 2.05 bits per heavy atom. The molecular formula is C13H16BrN3O3S. The van der Waals surface area contributed by atoms with Gasteiger partial charge in [-0.15, -0.1) is 0 Å². The van der Waals surface area contributed by atoms with Gasteiger partial charge in [0, 0.05) is 17.1 Å². The highest BCUT2D eigenvalue weighted by atomic mass is 79.9. The summed E-state index contributed by atoms with van der Waals surface area (Å²) in [5, 5.41) is 3.72. The smallest absolute Gasteiger partial charge is 0.241 e. The Kier molecular flexibility index (Phi) is 4.82. The summed E-state index contributed by atoms with van der Waals surface area (Å²) in [4.78, 5) is 0.202. The van der Waals surface area contributed by atoms with Crippen LogP contribution in [0.4, 0.5) is 0 Å².